The molecule has 132 valence electrons. The van der Waals surface area contributed by atoms with Crippen LogP contribution in [0.4, 0.5) is 0 Å². The maximum atomic E-state index is 13.1. The Bertz CT molecular complexity index is 605. The van der Waals surface area contributed by atoms with Gasteiger partial charge >= 0.3 is 5.97 Å². The van der Waals surface area contributed by atoms with Crippen LogP contribution in [-0.4, -0.2) is 80.6 Å². The molecule has 1 amide bonds. The van der Waals surface area contributed by atoms with Crippen molar-refractivity contribution in [3.63, 3.8) is 0 Å². The van der Waals surface area contributed by atoms with E-state index in [2.05, 4.69) is 6.58 Å². The minimum atomic E-state index is -1.04. The monoisotopic (exact) mass is 354 g/mol. The maximum absolute atomic E-state index is 13.1. The van der Waals surface area contributed by atoms with E-state index in [1.165, 1.54) is 23.6 Å². The van der Waals surface area contributed by atoms with Crippen molar-refractivity contribution < 1.29 is 24.2 Å². The Morgan fingerprint density at radius 3 is 2.58 bits per heavy atom. The molecule has 3 rings (SSSR count). The van der Waals surface area contributed by atoms with Crippen molar-refractivity contribution in [1.82, 2.24) is 9.80 Å². The van der Waals surface area contributed by atoms with Gasteiger partial charge in [-0.2, -0.15) is 0 Å². The van der Waals surface area contributed by atoms with E-state index in [-0.39, 0.29) is 23.5 Å². The number of Topliss-reactive ketones (excluding diaryl/α,β-unsaturated/α-hetero) is 1. The zero-order chi connectivity index (χ0) is 17.7. The van der Waals surface area contributed by atoms with Crippen molar-refractivity contribution in [1.29, 1.82) is 0 Å². The topological polar surface area (TPSA) is 87.2 Å². The first-order chi connectivity index (χ1) is 11.3. The summed E-state index contributed by atoms with van der Waals surface area (Å²) in [5.74, 6) is -1.39. The fourth-order valence-electron chi connectivity index (χ4n) is 4.02. The van der Waals surface area contributed by atoms with Crippen LogP contribution in [0.5, 0.6) is 0 Å². The Morgan fingerprint density at radius 1 is 1.46 bits per heavy atom. The number of rotatable bonds is 5. The SMILES string of the molecule is C=C[C@]1(C)S[C@H]2N(C(=O)[C@]2(CC(C)=O)N2CCOCC2)[C@H]1C(=O)O. The number of amides is 1. The van der Waals surface area contributed by atoms with E-state index in [0.29, 0.717) is 26.3 Å². The second-order valence-corrected chi connectivity index (χ2v) is 8.28. The average Bonchev–Trinajstić information content (AvgIpc) is 2.85. The molecule has 3 aliphatic rings. The molecule has 0 saturated carbocycles. The number of carboxylic acids is 1. The van der Waals surface area contributed by atoms with Crippen LogP contribution in [0.15, 0.2) is 12.7 Å². The lowest BCUT2D eigenvalue weighted by atomic mass is 9.78. The lowest BCUT2D eigenvalue weighted by Gasteiger charge is -2.58. The van der Waals surface area contributed by atoms with Crippen molar-refractivity contribution in [2.24, 2.45) is 0 Å². The van der Waals surface area contributed by atoms with E-state index in [0.717, 1.165) is 0 Å². The Balaban J connectivity index is 2.01. The third-order valence-corrected chi connectivity index (χ3v) is 6.92. The molecule has 0 aliphatic carbocycles. The molecular weight excluding hydrogens is 332 g/mol. The number of thioether (sulfide) groups is 1. The molecule has 24 heavy (non-hydrogen) atoms. The zero-order valence-electron chi connectivity index (χ0n) is 13.9. The van der Waals surface area contributed by atoms with Crippen LogP contribution in [-0.2, 0) is 19.1 Å². The van der Waals surface area contributed by atoms with Crippen molar-refractivity contribution in [2.45, 2.75) is 42.0 Å². The number of hydrogen-bond donors (Lipinski definition) is 1. The predicted molar refractivity (Wildman–Crippen MR) is 88.7 cm³/mol. The predicted octanol–water partition coefficient (Wildman–Crippen LogP) is 0.350. The van der Waals surface area contributed by atoms with Gasteiger partial charge in [-0.25, -0.2) is 4.79 Å². The molecule has 3 aliphatic heterocycles. The summed E-state index contributed by atoms with van der Waals surface area (Å²) in [6.07, 6.45) is 1.69. The first-order valence-electron chi connectivity index (χ1n) is 7.97. The highest BCUT2D eigenvalue weighted by Crippen LogP contribution is 2.58. The number of aliphatic carboxylic acids is 1. The Kier molecular flexibility index (Phi) is 4.26. The van der Waals surface area contributed by atoms with E-state index in [1.54, 1.807) is 13.0 Å². The highest BCUT2D eigenvalue weighted by molar-refractivity contribution is 8.02. The average molecular weight is 354 g/mol. The maximum Gasteiger partial charge on any atom is 0.328 e. The summed E-state index contributed by atoms with van der Waals surface area (Å²) in [5, 5.41) is 9.26. The minimum Gasteiger partial charge on any atom is -0.480 e. The van der Waals surface area contributed by atoms with Gasteiger partial charge in [-0.1, -0.05) is 6.08 Å². The second kappa shape index (κ2) is 5.86. The van der Waals surface area contributed by atoms with Crippen molar-refractivity contribution in [3.05, 3.63) is 12.7 Å². The minimum absolute atomic E-state index is 0.0748. The Hall–Kier alpha value is -1.38. The number of nitrogens with zero attached hydrogens (tertiary/aromatic N) is 2. The smallest absolute Gasteiger partial charge is 0.328 e. The molecule has 0 bridgehead atoms. The summed E-state index contributed by atoms with van der Waals surface area (Å²) in [7, 11) is 0. The van der Waals surface area contributed by atoms with Crippen molar-refractivity contribution in [2.75, 3.05) is 26.3 Å². The number of carbonyl (C=O) groups excluding carboxylic acids is 2. The third kappa shape index (κ3) is 2.23. The highest BCUT2D eigenvalue weighted by Gasteiger charge is 2.73. The summed E-state index contributed by atoms with van der Waals surface area (Å²) < 4.78 is 4.59. The molecule has 3 saturated heterocycles. The number of carboxylic acid groups (broad SMARTS) is 1. The number of morpholine rings is 1. The second-order valence-electron chi connectivity index (χ2n) is 6.71. The molecule has 8 heteroatoms. The number of fused-ring (bicyclic) bond motifs is 1. The molecule has 0 aromatic heterocycles. The molecule has 0 unspecified atom stereocenters. The van der Waals surface area contributed by atoms with Crippen LogP contribution < -0.4 is 0 Å². The van der Waals surface area contributed by atoms with Crippen LogP contribution in [0.2, 0.25) is 0 Å². The molecule has 3 fully saturated rings. The Morgan fingerprint density at radius 2 is 2.08 bits per heavy atom. The van der Waals surface area contributed by atoms with Crippen molar-refractivity contribution >= 4 is 29.4 Å². The lowest BCUT2D eigenvalue weighted by Crippen LogP contribution is -2.80. The molecule has 0 spiro atoms. The van der Waals surface area contributed by atoms with Gasteiger partial charge in [0, 0.05) is 19.5 Å². The zero-order valence-corrected chi connectivity index (χ0v) is 14.7. The normalized spacial score (nSPS) is 39.2. The largest absolute Gasteiger partial charge is 0.480 e. The van der Waals surface area contributed by atoms with Gasteiger partial charge in [0.25, 0.3) is 0 Å². The van der Waals surface area contributed by atoms with Gasteiger partial charge in [-0.3, -0.25) is 14.5 Å². The number of β-lactam (4-membered cyclic amide) rings is 1. The number of carbonyl (C=O) groups is 3. The van der Waals surface area contributed by atoms with E-state index in [1.807, 2.05) is 4.90 Å². The molecule has 3 heterocycles. The first-order valence-corrected chi connectivity index (χ1v) is 8.85. The van der Waals surface area contributed by atoms with Gasteiger partial charge in [0.2, 0.25) is 5.91 Å². The van der Waals surface area contributed by atoms with Crippen LogP contribution in [0, 0.1) is 0 Å². The Labute approximate surface area is 145 Å². The van der Waals surface area contributed by atoms with Gasteiger partial charge in [0.05, 0.1) is 18.0 Å². The summed E-state index contributed by atoms with van der Waals surface area (Å²) in [4.78, 5) is 40.2. The van der Waals surface area contributed by atoms with Gasteiger partial charge in [-0.15, -0.1) is 18.3 Å². The van der Waals surface area contributed by atoms with Crippen LogP contribution >= 0.6 is 11.8 Å². The van der Waals surface area contributed by atoms with Crippen LogP contribution in [0.1, 0.15) is 20.3 Å². The molecule has 0 aromatic rings. The van der Waals surface area contributed by atoms with Gasteiger partial charge < -0.3 is 14.7 Å². The quantitative estimate of drug-likeness (QED) is 0.563. The summed E-state index contributed by atoms with van der Waals surface area (Å²) >= 11 is 1.42. The molecule has 1 N–H and O–H groups in total. The lowest BCUT2D eigenvalue weighted by molar-refractivity contribution is -0.183. The molecule has 4 atom stereocenters. The molecule has 7 nitrogen and oxygen atoms in total. The number of hydrogen-bond acceptors (Lipinski definition) is 6. The van der Waals surface area contributed by atoms with E-state index in [9.17, 15) is 19.5 Å². The molecule has 0 aromatic carbocycles. The van der Waals surface area contributed by atoms with Gasteiger partial charge in [0.15, 0.2) is 0 Å². The summed E-state index contributed by atoms with van der Waals surface area (Å²) in [6.45, 7) is 9.16. The van der Waals surface area contributed by atoms with Gasteiger partial charge in [0.1, 0.15) is 22.7 Å². The molecule has 0 radical (unpaired) electrons. The first kappa shape index (κ1) is 17.4. The fraction of sp³-hybridized carbons (Fsp3) is 0.688. The van der Waals surface area contributed by atoms with E-state index < -0.39 is 22.3 Å². The van der Waals surface area contributed by atoms with Crippen LogP contribution in [0.3, 0.4) is 0 Å². The van der Waals surface area contributed by atoms with Crippen LogP contribution in [0.25, 0.3) is 0 Å². The fourth-order valence-corrected chi connectivity index (χ4v) is 5.80. The van der Waals surface area contributed by atoms with Crippen molar-refractivity contribution in [3.8, 4) is 0 Å². The van der Waals surface area contributed by atoms with Gasteiger partial charge in [-0.05, 0) is 13.8 Å². The summed E-state index contributed by atoms with van der Waals surface area (Å²) in [5.41, 5.74) is -0.964. The number of ether oxygens (including phenoxy) is 1. The number of ketones is 1. The third-order valence-electron chi connectivity index (χ3n) is 5.19. The van der Waals surface area contributed by atoms with E-state index >= 15 is 0 Å². The molecular formula is C16H22N2O5S. The standard InChI is InChI=1S/C16H22N2O5S/c1-4-15(3)11(12(20)21)18-13(22)16(9-10(2)19,14(18)24-15)17-5-7-23-8-6-17/h4,11,14H,1,5-9H2,2-3H3,(H,20,21)/t11-,14+,15-,16-/m0/s1. The summed E-state index contributed by atoms with van der Waals surface area (Å²) in [6, 6.07) is -0.960. The highest BCUT2D eigenvalue weighted by atomic mass is 32.2. The van der Waals surface area contributed by atoms with E-state index in [4.69, 9.17) is 4.74 Å².